The molecule has 1 saturated carbocycles. The van der Waals surface area contributed by atoms with Crippen LogP contribution in [0.5, 0.6) is 0 Å². The molecule has 6 heteroatoms. The van der Waals surface area contributed by atoms with E-state index in [1.54, 1.807) is 16.4 Å². The lowest BCUT2D eigenvalue weighted by atomic mass is 9.84. The number of hydrogen-bond donors (Lipinski definition) is 1. The molecule has 2 aliphatic rings. The van der Waals surface area contributed by atoms with Crippen LogP contribution in [0.2, 0.25) is 0 Å². The molecule has 0 atom stereocenters. The van der Waals surface area contributed by atoms with Crippen LogP contribution in [0.15, 0.2) is 29.2 Å². The molecule has 0 radical (unpaired) electrons. The summed E-state index contributed by atoms with van der Waals surface area (Å²) in [7, 11) is -3.36. The molecule has 3 rings (SSSR count). The summed E-state index contributed by atoms with van der Waals surface area (Å²) in [6.07, 6.45) is 7.88. The Morgan fingerprint density at radius 3 is 2.04 bits per heavy atom. The highest BCUT2D eigenvalue weighted by atomic mass is 35.5. The van der Waals surface area contributed by atoms with Gasteiger partial charge in [0.25, 0.3) is 0 Å². The lowest BCUT2D eigenvalue weighted by molar-refractivity contribution is 0.320. The third-order valence-corrected chi connectivity index (χ3v) is 7.01. The summed E-state index contributed by atoms with van der Waals surface area (Å²) in [6, 6.07) is 7.73. The van der Waals surface area contributed by atoms with Gasteiger partial charge in [0.1, 0.15) is 0 Å². The molecule has 2 fully saturated rings. The first kappa shape index (κ1) is 18.7. The van der Waals surface area contributed by atoms with Gasteiger partial charge in [0.15, 0.2) is 0 Å². The Kier molecular flexibility index (Phi) is 6.48. The highest BCUT2D eigenvalue weighted by Gasteiger charge is 2.28. The van der Waals surface area contributed by atoms with Gasteiger partial charge in [0.05, 0.1) is 4.90 Å². The van der Waals surface area contributed by atoms with Gasteiger partial charge in [-0.2, -0.15) is 4.31 Å². The molecule has 1 aromatic carbocycles. The molecule has 0 unspecified atom stereocenters. The van der Waals surface area contributed by atoms with Crippen LogP contribution in [-0.4, -0.2) is 31.9 Å². The number of benzene rings is 1. The predicted molar refractivity (Wildman–Crippen MR) is 95.5 cm³/mol. The second-order valence-electron chi connectivity index (χ2n) is 6.65. The molecule has 0 bridgehead atoms. The van der Waals surface area contributed by atoms with Gasteiger partial charge in [-0.1, -0.05) is 31.4 Å². The molecule has 2 N–H and O–H groups in total. The number of sulfonamides is 1. The van der Waals surface area contributed by atoms with Crippen LogP contribution >= 0.6 is 12.4 Å². The average molecular weight is 359 g/mol. The molecule has 4 nitrogen and oxygen atoms in total. The molecule has 1 aliphatic carbocycles. The van der Waals surface area contributed by atoms with Crippen LogP contribution in [0, 0.1) is 0 Å². The summed E-state index contributed by atoms with van der Waals surface area (Å²) >= 11 is 0. The molecule has 1 heterocycles. The molecule has 23 heavy (non-hydrogen) atoms. The Hall–Kier alpha value is -0.620. The maximum Gasteiger partial charge on any atom is 0.243 e. The topological polar surface area (TPSA) is 63.4 Å². The highest BCUT2D eigenvalue weighted by Crippen LogP contribution is 2.33. The van der Waals surface area contributed by atoms with Crippen molar-refractivity contribution in [3.8, 4) is 0 Å². The van der Waals surface area contributed by atoms with E-state index in [0.717, 1.165) is 12.8 Å². The van der Waals surface area contributed by atoms with E-state index >= 15 is 0 Å². The van der Waals surface area contributed by atoms with E-state index in [1.807, 2.05) is 12.1 Å². The summed E-state index contributed by atoms with van der Waals surface area (Å²) in [6.45, 7) is 1.07. The number of hydrogen-bond acceptors (Lipinski definition) is 3. The van der Waals surface area contributed by atoms with Crippen LogP contribution in [0.3, 0.4) is 0 Å². The van der Waals surface area contributed by atoms with Crippen molar-refractivity contribution in [3.63, 3.8) is 0 Å². The van der Waals surface area contributed by atoms with Gasteiger partial charge >= 0.3 is 0 Å². The quantitative estimate of drug-likeness (QED) is 0.901. The summed E-state index contributed by atoms with van der Waals surface area (Å²) in [5.74, 6) is 0.610. The summed E-state index contributed by atoms with van der Waals surface area (Å²) in [5, 5.41) is 0. The van der Waals surface area contributed by atoms with E-state index in [4.69, 9.17) is 5.73 Å². The Morgan fingerprint density at radius 2 is 1.48 bits per heavy atom. The SMILES string of the molecule is Cl.NC1CCN(S(=O)(=O)c2ccc(C3CCCCC3)cc2)CC1. The van der Waals surface area contributed by atoms with E-state index < -0.39 is 10.0 Å². The van der Waals surface area contributed by atoms with Gasteiger partial charge in [-0.3, -0.25) is 0 Å². The van der Waals surface area contributed by atoms with E-state index in [0.29, 0.717) is 23.9 Å². The highest BCUT2D eigenvalue weighted by molar-refractivity contribution is 7.89. The predicted octanol–water partition coefficient (Wildman–Crippen LogP) is 3.27. The molecule has 130 valence electrons. The van der Waals surface area contributed by atoms with Crippen molar-refractivity contribution in [3.05, 3.63) is 29.8 Å². The van der Waals surface area contributed by atoms with E-state index in [9.17, 15) is 8.42 Å². The first-order valence-corrected chi connectivity index (χ1v) is 9.87. The second-order valence-corrected chi connectivity index (χ2v) is 8.58. The second kappa shape index (κ2) is 7.97. The third kappa shape index (κ3) is 4.27. The van der Waals surface area contributed by atoms with E-state index in [-0.39, 0.29) is 18.4 Å². The Balaban J connectivity index is 0.00000192. The minimum absolute atomic E-state index is 0. The normalized spacial score (nSPS) is 21.8. The van der Waals surface area contributed by atoms with Crippen molar-refractivity contribution >= 4 is 22.4 Å². The van der Waals surface area contributed by atoms with Crippen LogP contribution < -0.4 is 5.73 Å². The van der Waals surface area contributed by atoms with Gasteiger partial charge in [-0.15, -0.1) is 12.4 Å². The van der Waals surface area contributed by atoms with Crippen molar-refractivity contribution in [1.82, 2.24) is 4.31 Å². The van der Waals surface area contributed by atoms with E-state index in [2.05, 4.69) is 0 Å². The minimum Gasteiger partial charge on any atom is -0.328 e. The average Bonchev–Trinajstić information content (AvgIpc) is 2.56. The molecular weight excluding hydrogens is 332 g/mol. The van der Waals surface area contributed by atoms with Crippen LogP contribution in [0.4, 0.5) is 0 Å². The zero-order valence-corrected chi connectivity index (χ0v) is 15.1. The Bertz CT molecular complexity index is 590. The zero-order valence-electron chi connectivity index (χ0n) is 13.5. The van der Waals surface area contributed by atoms with Gasteiger partial charge < -0.3 is 5.73 Å². The van der Waals surface area contributed by atoms with Gasteiger partial charge in [-0.25, -0.2) is 8.42 Å². The van der Waals surface area contributed by atoms with Crippen molar-refractivity contribution in [1.29, 1.82) is 0 Å². The number of halogens is 1. The summed E-state index contributed by atoms with van der Waals surface area (Å²) in [5.41, 5.74) is 7.15. The van der Waals surface area contributed by atoms with Gasteiger partial charge in [0, 0.05) is 19.1 Å². The first-order chi connectivity index (χ1) is 10.6. The Labute approximate surface area is 145 Å². The minimum atomic E-state index is -3.36. The molecule has 0 spiro atoms. The third-order valence-electron chi connectivity index (χ3n) is 5.09. The van der Waals surface area contributed by atoms with Crippen LogP contribution in [0.25, 0.3) is 0 Å². The van der Waals surface area contributed by atoms with Crippen LogP contribution in [0.1, 0.15) is 56.4 Å². The van der Waals surface area contributed by atoms with Crippen molar-refractivity contribution in [2.45, 2.75) is 61.8 Å². The summed E-state index contributed by atoms with van der Waals surface area (Å²) < 4.78 is 26.9. The fourth-order valence-electron chi connectivity index (χ4n) is 3.61. The molecule has 1 aliphatic heterocycles. The van der Waals surface area contributed by atoms with E-state index in [1.165, 1.54) is 37.7 Å². The lowest BCUT2D eigenvalue weighted by Crippen LogP contribution is -2.42. The number of nitrogens with zero attached hydrogens (tertiary/aromatic N) is 1. The number of nitrogens with two attached hydrogens (primary N) is 1. The van der Waals surface area contributed by atoms with Crippen molar-refractivity contribution in [2.24, 2.45) is 5.73 Å². The van der Waals surface area contributed by atoms with Gasteiger partial charge in [-0.05, 0) is 49.3 Å². The monoisotopic (exact) mass is 358 g/mol. The fourth-order valence-corrected chi connectivity index (χ4v) is 5.08. The zero-order chi connectivity index (χ0) is 15.6. The molecular formula is C17H27ClN2O2S. The number of piperidine rings is 1. The molecule has 1 saturated heterocycles. The first-order valence-electron chi connectivity index (χ1n) is 8.43. The smallest absolute Gasteiger partial charge is 0.243 e. The Morgan fingerprint density at radius 1 is 0.913 bits per heavy atom. The van der Waals surface area contributed by atoms with Gasteiger partial charge in [0.2, 0.25) is 10.0 Å². The van der Waals surface area contributed by atoms with Crippen molar-refractivity contribution < 1.29 is 8.42 Å². The fraction of sp³-hybridized carbons (Fsp3) is 0.647. The number of rotatable bonds is 3. The molecule has 1 aromatic rings. The van der Waals surface area contributed by atoms with Crippen LogP contribution in [-0.2, 0) is 10.0 Å². The van der Waals surface area contributed by atoms with Crippen molar-refractivity contribution in [2.75, 3.05) is 13.1 Å². The summed E-state index contributed by atoms with van der Waals surface area (Å²) in [4.78, 5) is 0.419. The maximum absolute atomic E-state index is 12.7. The standard InChI is InChI=1S/C17H26N2O2S.ClH/c18-16-10-12-19(13-11-16)22(20,21)17-8-6-15(7-9-17)14-4-2-1-3-5-14;/h6-9,14,16H,1-5,10-13,18H2;1H. The largest absolute Gasteiger partial charge is 0.328 e. The molecule has 0 amide bonds. The lowest BCUT2D eigenvalue weighted by Gasteiger charge is -2.29. The molecule has 0 aromatic heterocycles. The maximum atomic E-state index is 12.7.